The largest absolute Gasteiger partial charge is 0.392 e. The Morgan fingerprint density at radius 1 is 0.950 bits per heavy atom. The average molecular weight is 267 g/mol. The molecule has 2 nitrogen and oxygen atoms in total. The summed E-state index contributed by atoms with van der Waals surface area (Å²) in [4.78, 5) is 0. The molecule has 3 rings (SSSR count). The zero-order chi connectivity index (χ0) is 13.8. The molecule has 0 spiro atoms. The molecule has 20 heavy (non-hydrogen) atoms. The lowest BCUT2D eigenvalue weighted by Gasteiger charge is -2.36. The van der Waals surface area contributed by atoms with Crippen molar-refractivity contribution in [1.82, 2.24) is 5.32 Å². The highest BCUT2D eigenvalue weighted by molar-refractivity contribution is 5.24. The van der Waals surface area contributed by atoms with Crippen molar-refractivity contribution in [3.05, 3.63) is 71.3 Å². The molecule has 0 bridgehead atoms. The number of nitrogens with one attached hydrogen (secondary N) is 1. The van der Waals surface area contributed by atoms with E-state index in [1.165, 1.54) is 24.0 Å². The molecule has 0 unspecified atom stereocenters. The van der Waals surface area contributed by atoms with Crippen LogP contribution < -0.4 is 5.32 Å². The summed E-state index contributed by atoms with van der Waals surface area (Å²) in [6.45, 7) is 1.01. The van der Waals surface area contributed by atoms with Crippen LogP contribution in [0, 0.1) is 0 Å². The van der Waals surface area contributed by atoms with Crippen LogP contribution in [0.2, 0.25) is 0 Å². The van der Waals surface area contributed by atoms with E-state index in [-0.39, 0.29) is 6.61 Å². The van der Waals surface area contributed by atoms with Crippen molar-refractivity contribution < 1.29 is 5.11 Å². The minimum atomic E-state index is 0.118. The Balaban J connectivity index is 1.47. The first-order chi connectivity index (χ1) is 9.85. The Kier molecular flexibility index (Phi) is 4.14. The fourth-order valence-corrected chi connectivity index (χ4v) is 2.88. The molecule has 2 aromatic rings. The van der Waals surface area contributed by atoms with Crippen LogP contribution in [0.25, 0.3) is 0 Å². The lowest BCUT2D eigenvalue weighted by molar-refractivity contribution is 0.281. The van der Waals surface area contributed by atoms with Gasteiger partial charge in [0.2, 0.25) is 0 Å². The third kappa shape index (κ3) is 3.09. The summed E-state index contributed by atoms with van der Waals surface area (Å²) >= 11 is 0. The van der Waals surface area contributed by atoms with Crippen LogP contribution in [0.15, 0.2) is 54.6 Å². The van der Waals surface area contributed by atoms with Gasteiger partial charge in [0.1, 0.15) is 0 Å². The molecule has 104 valence electrons. The second kappa shape index (κ2) is 6.21. The molecule has 0 radical (unpaired) electrons. The van der Waals surface area contributed by atoms with Crippen LogP contribution in [0.1, 0.15) is 35.4 Å². The summed E-state index contributed by atoms with van der Waals surface area (Å²) in [5.74, 6) is 0.720. The average Bonchev–Trinajstić information content (AvgIpc) is 2.47. The molecule has 0 aliphatic heterocycles. The van der Waals surface area contributed by atoms with Gasteiger partial charge < -0.3 is 10.4 Å². The first-order valence-electron chi connectivity index (χ1n) is 7.32. The van der Waals surface area contributed by atoms with Gasteiger partial charge >= 0.3 is 0 Å². The Labute approximate surface area is 120 Å². The zero-order valence-electron chi connectivity index (χ0n) is 11.6. The van der Waals surface area contributed by atoms with Crippen molar-refractivity contribution in [2.24, 2.45) is 0 Å². The van der Waals surface area contributed by atoms with E-state index in [0.29, 0.717) is 6.04 Å². The van der Waals surface area contributed by atoms with Gasteiger partial charge in [-0.3, -0.25) is 0 Å². The zero-order valence-corrected chi connectivity index (χ0v) is 11.6. The summed E-state index contributed by atoms with van der Waals surface area (Å²) in [5.41, 5.74) is 3.70. The van der Waals surface area contributed by atoms with Gasteiger partial charge in [-0.25, -0.2) is 0 Å². The smallest absolute Gasteiger partial charge is 0.0681 e. The maximum Gasteiger partial charge on any atom is 0.0681 e. The van der Waals surface area contributed by atoms with E-state index in [1.54, 1.807) is 0 Å². The van der Waals surface area contributed by atoms with Gasteiger partial charge in [0.15, 0.2) is 0 Å². The molecule has 2 N–H and O–H groups in total. The van der Waals surface area contributed by atoms with Crippen molar-refractivity contribution >= 4 is 0 Å². The fourth-order valence-electron chi connectivity index (χ4n) is 2.88. The Morgan fingerprint density at radius 3 is 2.45 bits per heavy atom. The standard InChI is InChI=1S/C18H21NO/c20-13-15-6-4-5-14(9-15)12-19-18-10-17(11-18)16-7-2-1-3-8-16/h1-9,17-20H,10-13H2. The minimum Gasteiger partial charge on any atom is -0.392 e. The molecule has 1 aliphatic rings. The highest BCUT2D eigenvalue weighted by Gasteiger charge is 2.29. The summed E-state index contributed by atoms with van der Waals surface area (Å²) in [7, 11) is 0. The maximum atomic E-state index is 9.14. The van der Waals surface area contributed by atoms with Crippen LogP contribution in [0.5, 0.6) is 0 Å². The number of aliphatic hydroxyl groups is 1. The molecular weight excluding hydrogens is 246 g/mol. The number of hydrogen-bond acceptors (Lipinski definition) is 2. The van der Waals surface area contributed by atoms with E-state index in [0.717, 1.165) is 18.0 Å². The third-order valence-corrected chi connectivity index (χ3v) is 4.18. The number of benzene rings is 2. The van der Waals surface area contributed by atoms with Crippen LogP contribution in [0.4, 0.5) is 0 Å². The highest BCUT2D eigenvalue weighted by atomic mass is 16.3. The lowest BCUT2D eigenvalue weighted by atomic mass is 9.76. The molecule has 1 fully saturated rings. The van der Waals surface area contributed by atoms with Crippen molar-refractivity contribution in [2.45, 2.75) is 38.0 Å². The third-order valence-electron chi connectivity index (χ3n) is 4.18. The van der Waals surface area contributed by atoms with Gasteiger partial charge in [-0.2, -0.15) is 0 Å². The first-order valence-corrected chi connectivity index (χ1v) is 7.32. The fraction of sp³-hybridized carbons (Fsp3) is 0.333. The van der Waals surface area contributed by atoms with Crippen molar-refractivity contribution in [3.8, 4) is 0 Å². The van der Waals surface area contributed by atoms with E-state index in [2.05, 4.69) is 47.8 Å². The number of hydrogen-bond donors (Lipinski definition) is 2. The summed E-state index contributed by atoms with van der Waals surface area (Å²) in [6, 6.07) is 19.5. The topological polar surface area (TPSA) is 32.3 Å². The van der Waals surface area contributed by atoms with Crippen molar-refractivity contribution in [2.75, 3.05) is 0 Å². The van der Waals surface area contributed by atoms with Gasteiger partial charge in [0, 0.05) is 12.6 Å². The van der Waals surface area contributed by atoms with Crippen LogP contribution in [-0.4, -0.2) is 11.1 Å². The SMILES string of the molecule is OCc1cccc(CNC2CC(c3ccccc3)C2)c1. The van der Waals surface area contributed by atoms with Gasteiger partial charge in [-0.05, 0) is 35.4 Å². The Bertz CT molecular complexity index is 546. The van der Waals surface area contributed by atoms with E-state index < -0.39 is 0 Å². The van der Waals surface area contributed by atoms with Gasteiger partial charge in [-0.15, -0.1) is 0 Å². The second-order valence-corrected chi connectivity index (χ2v) is 5.63. The van der Waals surface area contributed by atoms with E-state index >= 15 is 0 Å². The van der Waals surface area contributed by atoms with Gasteiger partial charge in [-0.1, -0.05) is 54.6 Å². The molecule has 1 saturated carbocycles. The molecule has 0 heterocycles. The Morgan fingerprint density at radius 2 is 1.70 bits per heavy atom. The van der Waals surface area contributed by atoms with Crippen molar-refractivity contribution in [1.29, 1.82) is 0 Å². The molecule has 0 saturated heterocycles. The quantitative estimate of drug-likeness (QED) is 0.872. The summed E-state index contributed by atoms with van der Waals surface area (Å²) in [5, 5.41) is 12.7. The second-order valence-electron chi connectivity index (χ2n) is 5.63. The number of rotatable bonds is 5. The predicted molar refractivity (Wildman–Crippen MR) is 81.4 cm³/mol. The van der Waals surface area contributed by atoms with E-state index in [1.807, 2.05) is 12.1 Å². The highest BCUT2D eigenvalue weighted by Crippen LogP contribution is 2.36. The van der Waals surface area contributed by atoms with E-state index in [9.17, 15) is 0 Å². The molecular formula is C18H21NO. The van der Waals surface area contributed by atoms with Crippen molar-refractivity contribution in [3.63, 3.8) is 0 Å². The molecule has 0 aromatic heterocycles. The van der Waals surface area contributed by atoms with Crippen LogP contribution >= 0.6 is 0 Å². The van der Waals surface area contributed by atoms with Gasteiger partial charge in [0.05, 0.1) is 6.61 Å². The normalized spacial score (nSPS) is 21.4. The molecule has 2 aromatic carbocycles. The first kappa shape index (κ1) is 13.3. The maximum absolute atomic E-state index is 9.14. The summed E-state index contributed by atoms with van der Waals surface area (Å²) in [6.07, 6.45) is 2.45. The Hall–Kier alpha value is -1.64. The minimum absolute atomic E-state index is 0.118. The molecule has 0 amide bonds. The van der Waals surface area contributed by atoms with E-state index in [4.69, 9.17) is 5.11 Å². The predicted octanol–water partition coefficient (Wildman–Crippen LogP) is 3.21. The van der Waals surface area contributed by atoms with Crippen LogP contribution in [-0.2, 0) is 13.2 Å². The monoisotopic (exact) mass is 267 g/mol. The lowest BCUT2D eigenvalue weighted by Crippen LogP contribution is -2.39. The molecule has 1 aliphatic carbocycles. The van der Waals surface area contributed by atoms with Gasteiger partial charge in [0.25, 0.3) is 0 Å². The molecule has 2 heteroatoms. The number of aliphatic hydroxyl groups excluding tert-OH is 1. The summed E-state index contributed by atoms with van der Waals surface area (Å²) < 4.78 is 0. The molecule has 0 atom stereocenters. The van der Waals surface area contributed by atoms with Crippen LogP contribution in [0.3, 0.4) is 0 Å².